The molecule has 0 fully saturated rings. The Labute approximate surface area is 88.0 Å². The van der Waals surface area contributed by atoms with E-state index < -0.39 is 0 Å². The van der Waals surface area contributed by atoms with E-state index in [0.29, 0.717) is 0 Å². The molecular weight excluding hydrogens is 188 g/mol. The summed E-state index contributed by atoms with van der Waals surface area (Å²) in [5.41, 5.74) is 1.91. The van der Waals surface area contributed by atoms with Gasteiger partial charge in [-0.25, -0.2) is 0 Å². The molecule has 0 N–H and O–H groups in total. The number of ketones is 1. The lowest BCUT2D eigenvalue weighted by molar-refractivity contribution is -0.112. The molecule has 0 saturated carbocycles. The largest absolute Gasteiger partial charge is 0.295 e. The second kappa shape index (κ2) is 3.69. The molecule has 0 radical (unpaired) electrons. The van der Waals surface area contributed by atoms with Crippen LogP contribution in [0.1, 0.15) is 12.6 Å². The fourth-order valence-electron chi connectivity index (χ4n) is 1.56. The monoisotopic (exact) mass is 200 g/mol. The molecule has 3 nitrogen and oxygen atoms in total. The molecule has 0 atom stereocenters. The molecular formula is C12H12N2O. The molecule has 0 saturated heterocycles. The molecule has 0 amide bonds. The maximum atomic E-state index is 10.9. The lowest BCUT2D eigenvalue weighted by Crippen LogP contribution is -1.93. The van der Waals surface area contributed by atoms with Gasteiger partial charge in [0.25, 0.3) is 0 Å². The second-order valence-electron chi connectivity index (χ2n) is 3.47. The molecule has 76 valence electrons. The van der Waals surface area contributed by atoms with Gasteiger partial charge in [-0.15, -0.1) is 0 Å². The fourth-order valence-corrected chi connectivity index (χ4v) is 1.56. The standard InChI is InChI=1S/C12H12N2O/c1-9(15)7-8-12-10-5-3-4-6-11(10)13-14(12)2/h3-8H,1-2H3/b8-7+. The van der Waals surface area contributed by atoms with E-state index in [0.717, 1.165) is 16.6 Å². The SMILES string of the molecule is CC(=O)/C=C/c1c2ccccc2nn1C. The first-order valence-corrected chi connectivity index (χ1v) is 4.79. The molecule has 1 aromatic heterocycles. The Morgan fingerprint density at radius 2 is 2.13 bits per heavy atom. The van der Waals surface area contributed by atoms with Gasteiger partial charge < -0.3 is 0 Å². The van der Waals surface area contributed by atoms with Gasteiger partial charge in [-0.3, -0.25) is 9.48 Å². The first-order valence-electron chi connectivity index (χ1n) is 4.79. The number of carbonyl (C=O) groups excluding carboxylic acids is 1. The number of allylic oxidation sites excluding steroid dienone is 1. The Hall–Kier alpha value is -1.90. The number of carbonyl (C=O) groups is 1. The van der Waals surface area contributed by atoms with Gasteiger partial charge in [0, 0.05) is 12.4 Å². The van der Waals surface area contributed by atoms with Crippen LogP contribution >= 0.6 is 0 Å². The predicted octanol–water partition coefficient (Wildman–Crippen LogP) is 2.18. The van der Waals surface area contributed by atoms with E-state index in [9.17, 15) is 4.79 Å². The van der Waals surface area contributed by atoms with E-state index >= 15 is 0 Å². The lowest BCUT2D eigenvalue weighted by Gasteiger charge is -1.93. The van der Waals surface area contributed by atoms with Crippen molar-refractivity contribution in [1.82, 2.24) is 9.78 Å². The summed E-state index contributed by atoms with van der Waals surface area (Å²) in [6.45, 7) is 1.54. The van der Waals surface area contributed by atoms with Crippen LogP contribution in [0.15, 0.2) is 30.3 Å². The molecule has 0 aliphatic heterocycles. The van der Waals surface area contributed by atoms with Crippen LogP contribution in [0, 0.1) is 0 Å². The average Bonchev–Trinajstić information content (AvgIpc) is 2.50. The highest BCUT2D eigenvalue weighted by Gasteiger charge is 2.04. The minimum Gasteiger partial charge on any atom is -0.295 e. The highest BCUT2D eigenvalue weighted by atomic mass is 16.1. The molecule has 1 heterocycles. The van der Waals surface area contributed by atoms with Crippen molar-refractivity contribution in [3.63, 3.8) is 0 Å². The average molecular weight is 200 g/mol. The smallest absolute Gasteiger partial charge is 0.152 e. The van der Waals surface area contributed by atoms with E-state index in [4.69, 9.17) is 0 Å². The van der Waals surface area contributed by atoms with E-state index in [1.807, 2.05) is 31.3 Å². The summed E-state index contributed by atoms with van der Waals surface area (Å²) >= 11 is 0. The summed E-state index contributed by atoms with van der Waals surface area (Å²) in [7, 11) is 1.87. The van der Waals surface area contributed by atoms with Crippen molar-refractivity contribution in [2.24, 2.45) is 7.05 Å². The topological polar surface area (TPSA) is 34.9 Å². The van der Waals surface area contributed by atoms with Crippen molar-refractivity contribution in [3.05, 3.63) is 36.0 Å². The fraction of sp³-hybridized carbons (Fsp3) is 0.167. The first kappa shape index (κ1) is 9.65. The van der Waals surface area contributed by atoms with Crippen molar-refractivity contribution in [3.8, 4) is 0 Å². The van der Waals surface area contributed by atoms with Crippen molar-refractivity contribution >= 4 is 22.8 Å². The van der Waals surface area contributed by atoms with Gasteiger partial charge in [0.2, 0.25) is 0 Å². The van der Waals surface area contributed by atoms with Crippen molar-refractivity contribution in [2.45, 2.75) is 6.92 Å². The Morgan fingerprint density at radius 1 is 1.40 bits per heavy atom. The summed E-state index contributed by atoms with van der Waals surface area (Å²) < 4.78 is 1.78. The molecule has 2 rings (SSSR count). The Kier molecular flexibility index (Phi) is 2.37. The number of rotatable bonds is 2. The molecule has 0 bridgehead atoms. The van der Waals surface area contributed by atoms with E-state index in [1.54, 1.807) is 16.8 Å². The quantitative estimate of drug-likeness (QED) is 0.696. The third-order valence-corrected chi connectivity index (χ3v) is 2.26. The minimum atomic E-state index is 0.0419. The van der Waals surface area contributed by atoms with Gasteiger partial charge in [-0.05, 0) is 25.1 Å². The van der Waals surface area contributed by atoms with Gasteiger partial charge in [-0.2, -0.15) is 5.10 Å². The third-order valence-electron chi connectivity index (χ3n) is 2.26. The Morgan fingerprint density at radius 3 is 2.87 bits per heavy atom. The second-order valence-corrected chi connectivity index (χ2v) is 3.47. The molecule has 2 aromatic rings. The molecule has 0 spiro atoms. The summed E-state index contributed by atoms with van der Waals surface area (Å²) in [5, 5.41) is 5.41. The van der Waals surface area contributed by atoms with E-state index in [2.05, 4.69) is 5.10 Å². The summed E-state index contributed by atoms with van der Waals surface area (Å²) in [5.74, 6) is 0.0419. The van der Waals surface area contributed by atoms with Crippen LogP contribution in [0.4, 0.5) is 0 Å². The zero-order valence-electron chi connectivity index (χ0n) is 8.77. The van der Waals surface area contributed by atoms with Gasteiger partial charge >= 0.3 is 0 Å². The predicted molar refractivity (Wildman–Crippen MR) is 60.4 cm³/mol. The van der Waals surface area contributed by atoms with Crippen molar-refractivity contribution in [2.75, 3.05) is 0 Å². The molecule has 15 heavy (non-hydrogen) atoms. The van der Waals surface area contributed by atoms with Crippen LogP contribution in [0.25, 0.3) is 17.0 Å². The maximum absolute atomic E-state index is 10.9. The molecule has 3 heteroatoms. The number of nitrogens with zero attached hydrogens (tertiary/aromatic N) is 2. The summed E-state index contributed by atoms with van der Waals surface area (Å²) in [6, 6.07) is 7.88. The van der Waals surface area contributed by atoms with Crippen LogP contribution in [-0.2, 0) is 11.8 Å². The van der Waals surface area contributed by atoms with Crippen LogP contribution in [0.2, 0.25) is 0 Å². The molecule has 1 aromatic carbocycles. The molecule has 0 unspecified atom stereocenters. The zero-order chi connectivity index (χ0) is 10.8. The van der Waals surface area contributed by atoms with Crippen LogP contribution in [-0.4, -0.2) is 15.6 Å². The zero-order valence-corrected chi connectivity index (χ0v) is 8.77. The van der Waals surface area contributed by atoms with E-state index in [1.165, 1.54) is 6.92 Å². The van der Waals surface area contributed by atoms with Gasteiger partial charge in [0.15, 0.2) is 5.78 Å². The lowest BCUT2D eigenvalue weighted by atomic mass is 10.2. The minimum absolute atomic E-state index is 0.0419. The summed E-state index contributed by atoms with van der Waals surface area (Å²) in [4.78, 5) is 10.9. The number of hydrogen-bond acceptors (Lipinski definition) is 2. The normalized spacial score (nSPS) is 11.3. The first-order chi connectivity index (χ1) is 7.18. The number of aryl methyl sites for hydroxylation is 1. The number of fused-ring (bicyclic) bond motifs is 1. The molecule has 0 aliphatic carbocycles. The van der Waals surface area contributed by atoms with E-state index in [-0.39, 0.29) is 5.78 Å². The number of aromatic nitrogens is 2. The van der Waals surface area contributed by atoms with Gasteiger partial charge in [-0.1, -0.05) is 18.2 Å². The van der Waals surface area contributed by atoms with Crippen LogP contribution in [0.3, 0.4) is 0 Å². The third kappa shape index (κ3) is 1.81. The summed E-state index contributed by atoms with van der Waals surface area (Å²) in [6.07, 6.45) is 3.36. The van der Waals surface area contributed by atoms with Crippen molar-refractivity contribution < 1.29 is 4.79 Å². The maximum Gasteiger partial charge on any atom is 0.152 e. The van der Waals surface area contributed by atoms with Crippen molar-refractivity contribution in [1.29, 1.82) is 0 Å². The van der Waals surface area contributed by atoms with Gasteiger partial charge in [0.05, 0.1) is 11.2 Å². The van der Waals surface area contributed by atoms with Gasteiger partial charge in [0.1, 0.15) is 0 Å². The van der Waals surface area contributed by atoms with Crippen LogP contribution in [0.5, 0.6) is 0 Å². The Balaban J connectivity index is 2.59. The highest BCUT2D eigenvalue weighted by Crippen LogP contribution is 2.18. The molecule has 0 aliphatic rings. The van der Waals surface area contributed by atoms with Crippen LogP contribution < -0.4 is 0 Å². The number of hydrogen-bond donors (Lipinski definition) is 0. The Bertz CT molecular complexity index is 538. The highest BCUT2D eigenvalue weighted by molar-refractivity contribution is 5.95. The number of benzene rings is 1.